The van der Waals surface area contributed by atoms with Gasteiger partial charge >= 0.3 is 58.2 Å². The SMILES string of the molecule is [O-][Cl+3]([O-])([O-])[O-].c1c[o+]c2cc[se]c2c1. The molecule has 2 aromatic heterocycles. The molecule has 0 unspecified atom stereocenters. The summed E-state index contributed by atoms with van der Waals surface area (Å²) < 4.78 is 40.5. The van der Waals surface area contributed by atoms with Gasteiger partial charge in [0.2, 0.25) is 0 Å². The first-order valence-corrected chi connectivity index (χ1v) is 6.40. The average molecular weight is 284 g/mol. The van der Waals surface area contributed by atoms with Gasteiger partial charge in [-0.3, -0.25) is 0 Å². The molecule has 0 saturated carbocycles. The summed E-state index contributed by atoms with van der Waals surface area (Å²) in [5, 5.41) is 0. The van der Waals surface area contributed by atoms with E-state index in [9.17, 15) is 0 Å². The number of hydrogen-bond acceptors (Lipinski definition) is 4. The molecule has 0 aliphatic heterocycles. The summed E-state index contributed by atoms with van der Waals surface area (Å²) >= 11 is 0.528. The molecule has 0 amide bonds. The van der Waals surface area contributed by atoms with E-state index in [1.807, 2.05) is 12.1 Å². The van der Waals surface area contributed by atoms with Crippen LogP contribution in [-0.2, 0) is 0 Å². The van der Waals surface area contributed by atoms with Gasteiger partial charge in [-0.25, -0.2) is 18.6 Å². The predicted molar refractivity (Wildman–Crippen MR) is 37.6 cm³/mol. The zero-order chi connectivity index (χ0) is 10.6. The van der Waals surface area contributed by atoms with Gasteiger partial charge in [0, 0.05) is 0 Å². The molecule has 0 aliphatic carbocycles. The third kappa shape index (κ3) is 4.69. The van der Waals surface area contributed by atoms with Gasteiger partial charge in [-0.1, -0.05) is 0 Å². The van der Waals surface area contributed by atoms with Crippen LogP contribution in [0.2, 0.25) is 0 Å². The van der Waals surface area contributed by atoms with Crippen molar-refractivity contribution in [2.24, 2.45) is 0 Å². The van der Waals surface area contributed by atoms with Gasteiger partial charge in [-0.05, 0) is 0 Å². The summed E-state index contributed by atoms with van der Waals surface area (Å²) in [4.78, 5) is 2.17. The van der Waals surface area contributed by atoms with Gasteiger partial charge in [0.1, 0.15) is 0 Å². The van der Waals surface area contributed by atoms with Crippen LogP contribution in [0.4, 0.5) is 0 Å². The van der Waals surface area contributed by atoms with Crippen LogP contribution in [0.3, 0.4) is 0 Å². The van der Waals surface area contributed by atoms with E-state index in [1.54, 1.807) is 6.26 Å². The van der Waals surface area contributed by atoms with Crippen molar-refractivity contribution in [3.05, 3.63) is 29.4 Å². The first kappa shape index (κ1) is 11.6. The fraction of sp³-hybridized carbons (Fsp3) is 0. The zero-order valence-corrected chi connectivity index (χ0v) is 9.18. The van der Waals surface area contributed by atoms with Crippen LogP contribution in [0.25, 0.3) is 9.84 Å². The number of rotatable bonds is 0. The Balaban J connectivity index is 0.000000171. The van der Waals surface area contributed by atoms with Crippen molar-refractivity contribution in [2.45, 2.75) is 0 Å². The van der Waals surface area contributed by atoms with E-state index in [1.165, 1.54) is 4.26 Å². The van der Waals surface area contributed by atoms with Crippen LogP contribution in [-0.4, -0.2) is 14.5 Å². The minimum atomic E-state index is -4.94. The van der Waals surface area contributed by atoms with Crippen molar-refractivity contribution < 1.29 is 33.3 Å². The van der Waals surface area contributed by atoms with Crippen molar-refractivity contribution in [3.63, 3.8) is 0 Å². The van der Waals surface area contributed by atoms with Crippen molar-refractivity contribution >= 4 is 24.3 Å². The second-order valence-corrected chi connectivity index (χ2v) is 4.88. The van der Waals surface area contributed by atoms with E-state index in [-0.39, 0.29) is 0 Å². The molecule has 76 valence electrons. The molecule has 0 radical (unpaired) electrons. The van der Waals surface area contributed by atoms with Gasteiger partial charge in [0.05, 0.1) is 0 Å². The van der Waals surface area contributed by atoms with E-state index >= 15 is 0 Å². The normalized spacial score (nSPS) is 10.9. The van der Waals surface area contributed by atoms with Crippen LogP contribution in [0, 0.1) is 10.2 Å². The topological polar surface area (TPSA) is 104 Å². The molecule has 0 aromatic carbocycles. The summed E-state index contributed by atoms with van der Waals surface area (Å²) in [5.74, 6) is 0. The quantitative estimate of drug-likeness (QED) is 0.379. The van der Waals surface area contributed by atoms with Gasteiger partial charge in [-0.2, -0.15) is 0 Å². The summed E-state index contributed by atoms with van der Waals surface area (Å²) in [5.41, 5.74) is 1.04. The number of fused-ring (bicyclic) bond motifs is 1. The molecule has 2 heterocycles. The van der Waals surface area contributed by atoms with Crippen LogP contribution in [0.1, 0.15) is 0 Å². The Morgan fingerprint density at radius 2 is 1.79 bits per heavy atom. The zero-order valence-electron chi connectivity index (χ0n) is 6.71. The average Bonchev–Trinajstić information content (AvgIpc) is 2.47. The van der Waals surface area contributed by atoms with Crippen LogP contribution < -0.4 is 18.6 Å². The second-order valence-electron chi connectivity index (χ2n) is 2.14. The van der Waals surface area contributed by atoms with Crippen molar-refractivity contribution in [1.29, 1.82) is 0 Å². The molecule has 2 aromatic rings. The molecular weight excluding hydrogens is 278 g/mol. The number of hydrogen-bond donors (Lipinski definition) is 0. The van der Waals surface area contributed by atoms with Crippen molar-refractivity contribution in [2.75, 3.05) is 0 Å². The molecule has 2 rings (SSSR count). The molecule has 14 heavy (non-hydrogen) atoms. The first-order chi connectivity index (χ1) is 6.47. The maximum absolute atomic E-state index is 8.49. The van der Waals surface area contributed by atoms with Crippen LogP contribution in [0.5, 0.6) is 0 Å². The molecule has 0 atom stereocenters. The molecule has 0 fully saturated rings. The summed E-state index contributed by atoms with van der Waals surface area (Å²) in [6.45, 7) is 0. The minimum absolute atomic E-state index is 0.528. The maximum atomic E-state index is 8.49. The molecule has 0 N–H and O–H groups in total. The Hall–Kier alpha value is -0.461. The molecule has 5 nitrogen and oxygen atoms in total. The molecular formula is C7H5ClO5Se. The Kier molecular flexibility index (Phi) is 4.03. The fourth-order valence-electron chi connectivity index (χ4n) is 0.767. The first-order valence-electron chi connectivity index (χ1n) is 3.32. The Morgan fingerprint density at radius 1 is 1.14 bits per heavy atom. The Bertz CT molecular complexity index is 360. The van der Waals surface area contributed by atoms with E-state index in [0.717, 1.165) is 5.58 Å². The van der Waals surface area contributed by atoms with Crippen molar-refractivity contribution in [3.8, 4) is 0 Å². The van der Waals surface area contributed by atoms with Gasteiger partial charge in [0.25, 0.3) is 0 Å². The van der Waals surface area contributed by atoms with Crippen LogP contribution >= 0.6 is 0 Å². The van der Waals surface area contributed by atoms with E-state index < -0.39 is 10.2 Å². The fourth-order valence-corrected chi connectivity index (χ4v) is 2.29. The third-order valence-electron chi connectivity index (χ3n) is 1.18. The van der Waals surface area contributed by atoms with Gasteiger partial charge in [-0.15, -0.1) is 10.2 Å². The Morgan fingerprint density at radius 3 is 2.36 bits per heavy atom. The molecule has 7 heteroatoms. The number of halogens is 1. The standard InChI is InChI=1S/C7H5OSe.ClHO4/c1-2-7-6(8-4-1)3-5-9-7;2-1(3,4)5/h1-5H;(H,2,3,4,5)/q+1;/p-1. The second kappa shape index (κ2) is 4.86. The monoisotopic (exact) mass is 284 g/mol. The predicted octanol–water partition coefficient (Wildman–Crippen LogP) is -2.99. The summed E-state index contributed by atoms with van der Waals surface area (Å²) in [7, 11) is -4.94. The Labute approximate surface area is 87.3 Å². The van der Waals surface area contributed by atoms with E-state index in [4.69, 9.17) is 23.1 Å². The third-order valence-corrected chi connectivity index (χ3v) is 2.99. The van der Waals surface area contributed by atoms with Crippen molar-refractivity contribution in [1.82, 2.24) is 0 Å². The van der Waals surface area contributed by atoms with E-state index in [0.29, 0.717) is 14.5 Å². The molecule has 0 bridgehead atoms. The van der Waals surface area contributed by atoms with E-state index in [2.05, 4.69) is 11.0 Å². The van der Waals surface area contributed by atoms with Gasteiger partial charge in [0.15, 0.2) is 0 Å². The summed E-state index contributed by atoms with van der Waals surface area (Å²) in [6.07, 6.45) is 1.71. The van der Waals surface area contributed by atoms with Gasteiger partial charge < -0.3 is 0 Å². The molecule has 0 spiro atoms. The van der Waals surface area contributed by atoms with Crippen LogP contribution in [0.15, 0.2) is 33.8 Å². The molecule has 0 saturated heterocycles. The summed E-state index contributed by atoms with van der Waals surface area (Å²) in [6, 6.07) is 6.09. The molecule has 0 aliphatic rings.